The lowest BCUT2D eigenvalue weighted by molar-refractivity contribution is -0.149. The van der Waals surface area contributed by atoms with Gasteiger partial charge in [0.05, 0.1) is 12.6 Å². The number of likely N-dealkylation sites (N-methyl/N-ethyl adjacent to an activating group) is 1. The Kier molecular flexibility index (Phi) is 5.18. The summed E-state index contributed by atoms with van der Waals surface area (Å²) in [7, 11) is 1.70. The highest BCUT2D eigenvalue weighted by molar-refractivity contribution is 4.92. The normalized spacial score (nSPS) is 21.1. The first-order valence-electron chi connectivity index (χ1n) is 5.53. The number of hydrogen-bond donors (Lipinski definition) is 1. The van der Waals surface area contributed by atoms with Crippen LogP contribution in [0.15, 0.2) is 0 Å². The van der Waals surface area contributed by atoms with Gasteiger partial charge < -0.3 is 5.32 Å². The first kappa shape index (κ1) is 14.2. The van der Waals surface area contributed by atoms with Crippen LogP contribution in [0.3, 0.4) is 0 Å². The molecule has 1 heterocycles. The van der Waals surface area contributed by atoms with E-state index in [4.69, 9.17) is 5.26 Å². The van der Waals surface area contributed by atoms with Crippen LogP contribution in [0.1, 0.15) is 0 Å². The minimum Gasteiger partial charge on any atom is -0.304 e. The molecule has 0 amide bonds. The van der Waals surface area contributed by atoms with E-state index in [1.54, 1.807) is 7.05 Å². The summed E-state index contributed by atoms with van der Waals surface area (Å²) in [5.74, 6) is 0. The van der Waals surface area contributed by atoms with Gasteiger partial charge in [-0.05, 0) is 7.05 Å². The van der Waals surface area contributed by atoms with Crippen molar-refractivity contribution in [3.63, 3.8) is 0 Å². The topological polar surface area (TPSA) is 42.3 Å². The molecular weight excluding hydrogens is 233 g/mol. The lowest BCUT2D eigenvalue weighted by atomic mass is 10.2. The van der Waals surface area contributed by atoms with Crippen molar-refractivity contribution in [2.75, 3.05) is 46.3 Å². The molecule has 0 aliphatic carbocycles. The zero-order chi connectivity index (χ0) is 12.9. The highest BCUT2D eigenvalue weighted by Gasteiger charge is 2.32. The van der Waals surface area contributed by atoms with E-state index in [1.807, 2.05) is 4.90 Å². The maximum atomic E-state index is 12.1. The number of nitrogens with zero attached hydrogens (tertiary/aromatic N) is 3. The lowest BCUT2D eigenvalue weighted by Crippen LogP contribution is -2.51. The van der Waals surface area contributed by atoms with Crippen molar-refractivity contribution >= 4 is 0 Å². The average Bonchev–Trinajstić information content (AvgIpc) is 2.26. The Hall–Kier alpha value is -0.840. The molecule has 1 saturated heterocycles. The van der Waals surface area contributed by atoms with E-state index in [0.29, 0.717) is 32.7 Å². The first-order chi connectivity index (χ1) is 7.94. The first-order valence-corrected chi connectivity index (χ1v) is 5.53. The molecule has 1 unspecified atom stereocenters. The smallest absolute Gasteiger partial charge is 0.304 e. The number of piperazine rings is 1. The second-order valence-corrected chi connectivity index (χ2v) is 4.16. The molecule has 0 saturated carbocycles. The van der Waals surface area contributed by atoms with Crippen LogP contribution in [0, 0.1) is 11.3 Å². The number of nitriles is 1. The molecule has 0 spiro atoms. The summed E-state index contributed by atoms with van der Waals surface area (Å²) in [6, 6.07) is 1.84. The Balaban J connectivity index is 2.29. The SMILES string of the molecule is CNC(C#N)CN1CCN(CC(F)(F)F)CC1. The van der Waals surface area contributed by atoms with Gasteiger partial charge in [-0.1, -0.05) is 0 Å². The predicted molar refractivity (Wildman–Crippen MR) is 57.4 cm³/mol. The molecule has 98 valence electrons. The van der Waals surface area contributed by atoms with Crippen LogP contribution in [0.4, 0.5) is 13.2 Å². The van der Waals surface area contributed by atoms with Gasteiger partial charge in [-0.2, -0.15) is 18.4 Å². The van der Waals surface area contributed by atoms with E-state index < -0.39 is 12.7 Å². The van der Waals surface area contributed by atoms with Gasteiger partial charge in [-0.25, -0.2) is 0 Å². The van der Waals surface area contributed by atoms with Crippen molar-refractivity contribution in [3.8, 4) is 6.07 Å². The number of hydrogen-bond acceptors (Lipinski definition) is 4. The van der Waals surface area contributed by atoms with Gasteiger partial charge >= 0.3 is 6.18 Å². The van der Waals surface area contributed by atoms with Gasteiger partial charge in [-0.3, -0.25) is 9.80 Å². The fraction of sp³-hybridized carbons (Fsp3) is 0.900. The van der Waals surface area contributed by atoms with Crippen LogP contribution < -0.4 is 5.32 Å². The van der Waals surface area contributed by atoms with Crippen LogP contribution in [0.5, 0.6) is 0 Å². The van der Waals surface area contributed by atoms with Crippen molar-refractivity contribution in [3.05, 3.63) is 0 Å². The number of nitrogens with one attached hydrogen (secondary N) is 1. The zero-order valence-electron chi connectivity index (χ0n) is 9.80. The maximum absolute atomic E-state index is 12.1. The van der Waals surface area contributed by atoms with Crippen LogP contribution in [-0.2, 0) is 0 Å². The fourth-order valence-corrected chi connectivity index (χ4v) is 1.84. The third-order valence-electron chi connectivity index (χ3n) is 2.81. The van der Waals surface area contributed by atoms with E-state index in [0.717, 1.165) is 0 Å². The number of rotatable bonds is 4. The average molecular weight is 250 g/mol. The van der Waals surface area contributed by atoms with Crippen molar-refractivity contribution in [1.29, 1.82) is 5.26 Å². The van der Waals surface area contributed by atoms with E-state index in [9.17, 15) is 13.2 Å². The minimum absolute atomic E-state index is 0.260. The van der Waals surface area contributed by atoms with Crippen molar-refractivity contribution in [2.24, 2.45) is 0 Å². The summed E-state index contributed by atoms with van der Waals surface area (Å²) >= 11 is 0. The third-order valence-corrected chi connectivity index (χ3v) is 2.81. The van der Waals surface area contributed by atoms with Gasteiger partial charge in [0.1, 0.15) is 6.04 Å². The largest absolute Gasteiger partial charge is 0.401 e. The molecule has 0 bridgehead atoms. The number of halogens is 3. The summed E-state index contributed by atoms with van der Waals surface area (Å²) in [6.45, 7) is 1.69. The van der Waals surface area contributed by atoms with Crippen LogP contribution in [0.25, 0.3) is 0 Å². The molecule has 1 aliphatic heterocycles. The summed E-state index contributed by atoms with van der Waals surface area (Å²) in [4.78, 5) is 3.41. The minimum atomic E-state index is -4.12. The second kappa shape index (κ2) is 6.19. The fourth-order valence-electron chi connectivity index (χ4n) is 1.84. The summed E-state index contributed by atoms with van der Waals surface area (Å²) < 4.78 is 36.4. The molecule has 0 radical (unpaired) electrons. The quantitative estimate of drug-likeness (QED) is 0.778. The third kappa shape index (κ3) is 5.35. The molecule has 17 heavy (non-hydrogen) atoms. The van der Waals surface area contributed by atoms with Crippen LogP contribution in [-0.4, -0.2) is 68.3 Å². The summed E-state index contributed by atoms with van der Waals surface area (Å²) in [5, 5.41) is 11.6. The van der Waals surface area contributed by atoms with E-state index in [-0.39, 0.29) is 6.04 Å². The monoisotopic (exact) mass is 250 g/mol. The Bertz CT molecular complexity index is 266. The molecule has 7 heteroatoms. The Labute approximate surface area is 99.0 Å². The van der Waals surface area contributed by atoms with Gasteiger partial charge in [0.25, 0.3) is 0 Å². The van der Waals surface area contributed by atoms with Crippen LogP contribution >= 0.6 is 0 Å². The van der Waals surface area contributed by atoms with Crippen LogP contribution in [0.2, 0.25) is 0 Å². The van der Waals surface area contributed by atoms with E-state index in [1.165, 1.54) is 4.90 Å². The second-order valence-electron chi connectivity index (χ2n) is 4.16. The van der Waals surface area contributed by atoms with E-state index in [2.05, 4.69) is 11.4 Å². The molecular formula is C10H17F3N4. The highest BCUT2D eigenvalue weighted by Crippen LogP contribution is 2.17. The Morgan fingerprint density at radius 1 is 1.24 bits per heavy atom. The molecule has 0 aromatic rings. The molecule has 1 fully saturated rings. The molecule has 0 aromatic carbocycles. The van der Waals surface area contributed by atoms with Crippen molar-refractivity contribution < 1.29 is 13.2 Å². The molecule has 1 N–H and O–H groups in total. The highest BCUT2D eigenvalue weighted by atomic mass is 19.4. The standard InChI is InChI=1S/C10H17F3N4/c1-15-9(6-14)7-16-2-4-17(5-3-16)8-10(11,12)13/h9,15H,2-5,7-8H2,1H3. The molecule has 1 rings (SSSR count). The van der Waals surface area contributed by atoms with Gasteiger partial charge in [-0.15, -0.1) is 0 Å². The van der Waals surface area contributed by atoms with Gasteiger partial charge in [0, 0.05) is 32.7 Å². The lowest BCUT2D eigenvalue weighted by Gasteiger charge is -2.35. The summed E-state index contributed by atoms with van der Waals surface area (Å²) in [6.07, 6.45) is -4.12. The molecule has 1 atom stereocenters. The summed E-state index contributed by atoms with van der Waals surface area (Å²) in [5.41, 5.74) is 0. The predicted octanol–water partition coefficient (Wildman–Crippen LogP) is 0.278. The van der Waals surface area contributed by atoms with Crippen molar-refractivity contribution in [1.82, 2.24) is 15.1 Å². The van der Waals surface area contributed by atoms with Crippen molar-refractivity contribution in [2.45, 2.75) is 12.2 Å². The van der Waals surface area contributed by atoms with Gasteiger partial charge in [0.15, 0.2) is 0 Å². The molecule has 4 nitrogen and oxygen atoms in total. The van der Waals surface area contributed by atoms with E-state index >= 15 is 0 Å². The Morgan fingerprint density at radius 2 is 1.76 bits per heavy atom. The molecule has 0 aromatic heterocycles. The number of alkyl halides is 3. The zero-order valence-corrected chi connectivity index (χ0v) is 9.80. The Morgan fingerprint density at radius 3 is 2.18 bits per heavy atom. The molecule has 1 aliphatic rings. The maximum Gasteiger partial charge on any atom is 0.401 e. The van der Waals surface area contributed by atoms with Gasteiger partial charge in [0.2, 0.25) is 0 Å².